The Kier molecular flexibility index (Phi) is 6.81. The van der Waals surface area contributed by atoms with E-state index >= 15 is 0 Å². The number of hydrogen-bond acceptors (Lipinski definition) is 3. The van der Waals surface area contributed by atoms with Gasteiger partial charge >= 0.3 is 6.18 Å². The molecule has 5 nitrogen and oxygen atoms in total. The first kappa shape index (κ1) is 20.3. The topological polar surface area (TPSA) is 67.4 Å². The maximum absolute atomic E-state index is 12.7. The average Bonchev–Trinajstić information content (AvgIpc) is 2.64. The molecule has 27 heavy (non-hydrogen) atoms. The van der Waals surface area contributed by atoms with Gasteiger partial charge in [0, 0.05) is 6.54 Å². The number of carbonyl (C=O) groups excluding carboxylic acids is 2. The minimum Gasteiger partial charge on any atom is -0.484 e. The number of para-hydroxylation sites is 1. The number of amides is 2. The van der Waals surface area contributed by atoms with Gasteiger partial charge in [-0.25, -0.2) is 0 Å². The van der Waals surface area contributed by atoms with Gasteiger partial charge in [-0.3, -0.25) is 9.59 Å². The van der Waals surface area contributed by atoms with Crippen LogP contribution in [0.3, 0.4) is 0 Å². The number of carbonyl (C=O) groups is 2. The van der Waals surface area contributed by atoms with Crippen molar-refractivity contribution in [2.24, 2.45) is 0 Å². The van der Waals surface area contributed by atoms with Gasteiger partial charge in [0.05, 0.1) is 5.56 Å². The Morgan fingerprint density at radius 3 is 2.44 bits per heavy atom. The van der Waals surface area contributed by atoms with Crippen LogP contribution in [0.4, 0.5) is 13.2 Å². The van der Waals surface area contributed by atoms with Crippen LogP contribution in [0.25, 0.3) is 0 Å². The molecule has 0 heterocycles. The molecule has 0 aromatic heterocycles. The van der Waals surface area contributed by atoms with E-state index in [0.717, 1.165) is 12.1 Å². The summed E-state index contributed by atoms with van der Waals surface area (Å²) < 4.78 is 43.3. The number of rotatable bonds is 7. The average molecular weight is 380 g/mol. The van der Waals surface area contributed by atoms with Crippen molar-refractivity contribution in [2.75, 3.05) is 6.61 Å². The van der Waals surface area contributed by atoms with Gasteiger partial charge in [-0.1, -0.05) is 30.3 Å². The largest absolute Gasteiger partial charge is 0.484 e. The molecule has 0 aliphatic heterocycles. The molecule has 1 unspecified atom stereocenters. The van der Waals surface area contributed by atoms with E-state index in [2.05, 4.69) is 10.6 Å². The van der Waals surface area contributed by atoms with Gasteiger partial charge in [-0.15, -0.1) is 0 Å². The molecular formula is C19H19F3N2O3. The van der Waals surface area contributed by atoms with E-state index in [-0.39, 0.29) is 13.2 Å². The van der Waals surface area contributed by atoms with Crippen LogP contribution in [0, 0.1) is 0 Å². The number of benzene rings is 2. The van der Waals surface area contributed by atoms with E-state index in [0.29, 0.717) is 11.3 Å². The highest BCUT2D eigenvalue weighted by Crippen LogP contribution is 2.29. The molecule has 2 rings (SSSR count). The van der Waals surface area contributed by atoms with E-state index < -0.39 is 29.6 Å². The predicted molar refractivity (Wildman–Crippen MR) is 92.8 cm³/mol. The summed E-state index contributed by atoms with van der Waals surface area (Å²) in [6.07, 6.45) is -4.44. The fourth-order valence-electron chi connectivity index (χ4n) is 2.21. The number of ether oxygens (including phenoxy) is 1. The first-order valence-electron chi connectivity index (χ1n) is 8.17. The van der Waals surface area contributed by atoms with Crippen molar-refractivity contribution >= 4 is 11.8 Å². The Morgan fingerprint density at radius 2 is 1.78 bits per heavy atom. The Balaban J connectivity index is 1.79. The van der Waals surface area contributed by atoms with Crippen LogP contribution in [-0.4, -0.2) is 24.5 Å². The minimum absolute atomic E-state index is 0.0799. The van der Waals surface area contributed by atoms with E-state index in [1.807, 2.05) is 6.07 Å². The molecule has 144 valence electrons. The van der Waals surface area contributed by atoms with E-state index in [1.54, 1.807) is 24.3 Å². The Morgan fingerprint density at radius 1 is 1.07 bits per heavy atom. The predicted octanol–water partition coefficient (Wildman–Crippen LogP) is 2.91. The molecule has 0 saturated heterocycles. The summed E-state index contributed by atoms with van der Waals surface area (Å²) in [6.45, 7) is 1.14. The highest BCUT2D eigenvalue weighted by atomic mass is 19.4. The van der Waals surface area contributed by atoms with E-state index in [9.17, 15) is 22.8 Å². The first-order valence-corrected chi connectivity index (χ1v) is 8.17. The summed E-state index contributed by atoms with van der Waals surface area (Å²) in [5.41, 5.74) is -0.474. The second-order valence-corrected chi connectivity index (χ2v) is 5.81. The van der Waals surface area contributed by atoms with Gasteiger partial charge in [0.1, 0.15) is 11.8 Å². The van der Waals surface area contributed by atoms with Gasteiger partial charge in [0.25, 0.3) is 5.91 Å². The molecule has 2 aromatic carbocycles. The van der Waals surface area contributed by atoms with Gasteiger partial charge in [-0.2, -0.15) is 13.2 Å². The summed E-state index contributed by atoms with van der Waals surface area (Å²) in [5, 5.41) is 4.96. The molecule has 2 aromatic rings. The molecular weight excluding hydrogens is 361 g/mol. The third-order valence-corrected chi connectivity index (χ3v) is 3.60. The number of hydrogen-bond donors (Lipinski definition) is 2. The second kappa shape index (κ2) is 9.07. The van der Waals surface area contributed by atoms with Crippen molar-refractivity contribution in [1.29, 1.82) is 0 Å². The zero-order chi connectivity index (χ0) is 19.9. The van der Waals surface area contributed by atoms with Crippen LogP contribution in [-0.2, 0) is 22.3 Å². The van der Waals surface area contributed by atoms with Crippen molar-refractivity contribution in [3.05, 3.63) is 65.7 Å². The zero-order valence-electron chi connectivity index (χ0n) is 14.5. The standard InChI is InChI=1S/C19H19F3N2O3/c1-13(24-17(25)12-27-16-8-3-2-4-9-16)18(26)23-11-14-6-5-7-15(10-14)19(20,21)22/h2-10,13H,11-12H2,1H3,(H,23,26)(H,24,25). The molecule has 0 fully saturated rings. The quantitative estimate of drug-likeness (QED) is 0.776. The first-order chi connectivity index (χ1) is 12.8. The molecule has 2 amide bonds. The lowest BCUT2D eigenvalue weighted by Gasteiger charge is -2.15. The Bertz CT molecular complexity index is 779. The lowest BCUT2D eigenvalue weighted by molar-refractivity contribution is -0.137. The zero-order valence-corrected chi connectivity index (χ0v) is 14.5. The molecule has 0 aliphatic carbocycles. The van der Waals surface area contributed by atoms with E-state index in [4.69, 9.17) is 4.74 Å². The highest BCUT2D eigenvalue weighted by Gasteiger charge is 2.30. The minimum atomic E-state index is -4.44. The van der Waals surface area contributed by atoms with Crippen LogP contribution in [0.2, 0.25) is 0 Å². The van der Waals surface area contributed by atoms with Gasteiger partial charge in [0.2, 0.25) is 5.91 Å². The van der Waals surface area contributed by atoms with Crippen molar-refractivity contribution in [1.82, 2.24) is 10.6 Å². The summed E-state index contributed by atoms with van der Waals surface area (Å²) in [6, 6.07) is 12.5. The van der Waals surface area contributed by atoms with Crippen LogP contribution >= 0.6 is 0 Å². The lowest BCUT2D eigenvalue weighted by atomic mass is 10.1. The molecule has 0 bridgehead atoms. The molecule has 0 radical (unpaired) electrons. The molecule has 0 aliphatic rings. The Labute approximate surface area is 154 Å². The van der Waals surface area contributed by atoms with Crippen LogP contribution in [0.15, 0.2) is 54.6 Å². The normalized spacial score (nSPS) is 12.1. The monoisotopic (exact) mass is 380 g/mol. The fourth-order valence-corrected chi connectivity index (χ4v) is 2.21. The van der Waals surface area contributed by atoms with Crippen molar-refractivity contribution < 1.29 is 27.5 Å². The summed E-state index contributed by atoms with van der Waals surface area (Å²) in [7, 11) is 0. The smallest absolute Gasteiger partial charge is 0.416 e. The lowest BCUT2D eigenvalue weighted by Crippen LogP contribution is -2.46. The SMILES string of the molecule is CC(NC(=O)COc1ccccc1)C(=O)NCc1cccc(C(F)(F)F)c1. The van der Waals surface area contributed by atoms with Crippen molar-refractivity contribution in [3.63, 3.8) is 0 Å². The van der Waals surface area contributed by atoms with Gasteiger partial charge in [-0.05, 0) is 36.8 Å². The molecule has 1 atom stereocenters. The van der Waals surface area contributed by atoms with Crippen molar-refractivity contribution in [2.45, 2.75) is 25.7 Å². The molecule has 0 saturated carbocycles. The van der Waals surface area contributed by atoms with Crippen LogP contribution in [0.1, 0.15) is 18.1 Å². The summed E-state index contributed by atoms with van der Waals surface area (Å²) in [5.74, 6) is -0.477. The van der Waals surface area contributed by atoms with Crippen LogP contribution in [0.5, 0.6) is 5.75 Å². The molecule has 8 heteroatoms. The summed E-state index contributed by atoms with van der Waals surface area (Å²) >= 11 is 0. The summed E-state index contributed by atoms with van der Waals surface area (Å²) in [4.78, 5) is 23.8. The fraction of sp³-hybridized carbons (Fsp3) is 0.263. The highest BCUT2D eigenvalue weighted by molar-refractivity contribution is 5.87. The maximum Gasteiger partial charge on any atom is 0.416 e. The second-order valence-electron chi connectivity index (χ2n) is 5.81. The maximum atomic E-state index is 12.7. The van der Waals surface area contributed by atoms with Gasteiger partial charge in [0.15, 0.2) is 6.61 Å². The third-order valence-electron chi connectivity index (χ3n) is 3.60. The molecule has 0 spiro atoms. The number of halogens is 3. The molecule has 2 N–H and O–H groups in total. The van der Waals surface area contributed by atoms with Crippen molar-refractivity contribution in [3.8, 4) is 5.75 Å². The van der Waals surface area contributed by atoms with E-state index in [1.165, 1.54) is 19.1 Å². The number of nitrogens with one attached hydrogen (secondary N) is 2. The number of alkyl halides is 3. The Hall–Kier alpha value is -3.03. The van der Waals surface area contributed by atoms with Gasteiger partial charge < -0.3 is 15.4 Å². The van der Waals surface area contributed by atoms with Crippen LogP contribution < -0.4 is 15.4 Å². The third kappa shape index (κ3) is 6.65.